The number of halogens is 4. The number of hydrogen-bond acceptors (Lipinski definition) is 6. The van der Waals surface area contributed by atoms with Gasteiger partial charge in [-0.25, -0.2) is 9.18 Å². The number of phenols is 1. The number of anilines is 1. The van der Waals surface area contributed by atoms with E-state index in [2.05, 4.69) is 10.6 Å². The van der Waals surface area contributed by atoms with Gasteiger partial charge < -0.3 is 30.5 Å². The van der Waals surface area contributed by atoms with Crippen molar-refractivity contribution in [3.63, 3.8) is 0 Å². The van der Waals surface area contributed by atoms with E-state index in [0.717, 1.165) is 11.1 Å². The van der Waals surface area contributed by atoms with Crippen LogP contribution in [-0.2, 0) is 20.7 Å². The number of alkyl halides is 3. The summed E-state index contributed by atoms with van der Waals surface area (Å²) >= 11 is 0. The largest absolute Gasteiger partial charge is 0.508 e. The van der Waals surface area contributed by atoms with Gasteiger partial charge in [-0.15, -0.1) is 0 Å². The maximum atomic E-state index is 14.9. The van der Waals surface area contributed by atoms with Crippen molar-refractivity contribution >= 4 is 17.7 Å². The minimum Gasteiger partial charge on any atom is -0.508 e. The number of alkyl carbamates (subject to hydrolysis) is 1. The summed E-state index contributed by atoms with van der Waals surface area (Å²) in [6, 6.07) is 20.3. The normalized spacial score (nSPS) is 17.6. The zero-order valence-electron chi connectivity index (χ0n) is 23.2. The van der Waals surface area contributed by atoms with Gasteiger partial charge in [0.25, 0.3) is 0 Å². The molecule has 2 amide bonds. The maximum Gasteiger partial charge on any atom is 0.407 e. The number of nitrogens with one attached hydrogen (secondary N) is 3. The molecule has 4 N–H and O–H groups in total. The second kappa shape index (κ2) is 14.8. The molecule has 4 rings (SSSR count). The summed E-state index contributed by atoms with van der Waals surface area (Å²) < 4.78 is 62.1. The van der Waals surface area contributed by atoms with Crippen LogP contribution in [-0.4, -0.2) is 61.7 Å². The van der Waals surface area contributed by atoms with Gasteiger partial charge in [-0.2, -0.15) is 13.2 Å². The number of hydrogen-bond donors (Lipinski definition) is 4. The Morgan fingerprint density at radius 1 is 1.05 bits per heavy atom. The van der Waals surface area contributed by atoms with Crippen LogP contribution in [0.4, 0.5) is 28.0 Å². The highest BCUT2D eigenvalue weighted by Gasteiger charge is 2.29. The molecule has 0 saturated carbocycles. The monoisotopic (exact) mass is 603 g/mol. The third-order valence-electron chi connectivity index (χ3n) is 6.99. The van der Waals surface area contributed by atoms with Crippen molar-refractivity contribution in [2.24, 2.45) is 0 Å². The Labute approximate surface area is 246 Å². The van der Waals surface area contributed by atoms with Gasteiger partial charge in [0.2, 0.25) is 5.91 Å². The highest BCUT2D eigenvalue weighted by molar-refractivity contribution is 5.92. The van der Waals surface area contributed by atoms with Gasteiger partial charge in [0, 0.05) is 30.1 Å². The molecule has 1 saturated heterocycles. The van der Waals surface area contributed by atoms with E-state index in [1.54, 1.807) is 29.6 Å². The van der Waals surface area contributed by atoms with E-state index in [-0.39, 0.29) is 49.7 Å². The van der Waals surface area contributed by atoms with Gasteiger partial charge in [0.05, 0.1) is 18.8 Å². The van der Waals surface area contributed by atoms with Crippen LogP contribution >= 0.6 is 0 Å². The Hall–Kier alpha value is -4.16. The molecular formula is C31H33F4N3O5. The van der Waals surface area contributed by atoms with Gasteiger partial charge >= 0.3 is 12.3 Å². The molecule has 1 aliphatic rings. The number of morpholine rings is 1. The first kappa shape index (κ1) is 31.8. The number of ether oxygens (including phenoxy) is 2. The van der Waals surface area contributed by atoms with Gasteiger partial charge in [0.15, 0.2) is 0 Å². The van der Waals surface area contributed by atoms with Crippen molar-refractivity contribution in [1.82, 2.24) is 10.6 Å². The molecule has 8 nitrogen and oxygen atoms in total. The molecule has 1 aliphatic heterocycles. The smallest absolute Gasteiger partial charge is 0.407 e. The topological polar surface area (TPSA) is 109 Å². The summed E-state index contributed by atoms with van der Waals surface area (Å²) in [5.74, 6) is -1.03. The molecule has 43 heavy (non-hydrogen) atoms. The summed E-state index contributed by atoms with van der Waals surface area (Å²) in [5, 5.41) is 17.6. The first-order chi connectivity index (χ1) is 20.6. The van der Waals surface area contributed by atoms with E-state index in [0.29, 0.717) is 24.2 Å². The average Bonchev–Trinajstić information content (AvgIpc) is 2.98. The quantitative estimate of drug-likeness (QED) is 0.223. The van der Waals surface area contributed by atoms with E-state index < -0.39 is 30.7 Å². The van der Waals surface area contributed by atoms with Crippen molar-refractivity contribution in [2.75, 3.05) is 31.6 Å². The fourth-order valence-corrected chi connectivity index (χ4v) is 4.84. The van der Waals surface area contributed by atoms with Crippen molar-refractivity contribution in [2.45, 2.75) is 43.5 Å². The van der Waals surface area contributed by atoms with Crippen molar-refractivity contribution < 1.29 is 41.7 Å². The van der Waals surface area contributed by atoms with Gasteiger partial charge in [0.1, 0.15) is 24.7 Å². The molecule has 3 atom stereocenters. The Kier molecular flexibility index (Phi) is 11.0. The minimum atomic E-state index is -4.53. The van der Waals surface area contributed by atoms with E-state index in [9.17, 15) is 32.3 Å². The molecule has 3 unspecified atom stereocenters. The Balaban J connectivity index is 1.31. The third kappa shape index (κ3) is 9.97. The van der Waals surface area contributed by atoms with Crippen LogP contribution in [0.1, 0.15) is 35.4 Å². The van der Waals surface area contributed by atoms with E-state index in [4.69, 9.17) is 9.47 Å². The molecule has 0 aromatic heterocycles. The SMILES string of the molecule is O=C(CC(c1ccccc1)c1cccc(O)c1)Nc1cccc(F)c1CCC1CNC(COC(=O)NCC(F)(F)F)CO1. The van der Waals surface area contributed by atoms with Crippen LogP contribution in [0, 0.1) is 5.82 Å². The minimum absolute atomic E-state index is 0.0662. The zero-order valence-corrected chi connectivity index (χ0v) is 23.2. The number of benzene rings is 3. The first-order valence-electron chi connectivity index (χ1n) is 13.8. The lowest BCUT2D eigenvalue weighted by Crippen LogP contribution is -2.49. The van der Waals surface area contributed by atoms with Gasteiger partial charge in [-0.05, 0) is 48.2 Å². The fraction of sp³-hybridized carbons (Fsp3) is 0.355. The molecule has 230 valence electrons. The second-order valence-electron chi connectivity index (χ2n) is 10.2. The lowest BCUT2D eigenvalue weighted by atomic mass is 9.88. The van der Waals surface area contributed by atoms with E-state index >= 15 is 0 Å². The summed E-state index contributed by atoms with van der Waals surface area (Å²) in [7, 11) is 0. The Morgan fingerprint density at radius 3 is 2.49 bits per heavy atom. The van der Waals surface area contributed by atoms with Crippen molar-refractivity contribution in [3.8, 4) is 5.75 Å². The molecule has 0 spiro atoms. The fourth-order valence-electron chi connectivity index (χ4n) is 4.84. The highest BCUT2D eigenvalue weighted by Crippen LogP contribution is 2.31. The summed E-state index contributed by atoms with van der Waals surface area (Å²) in [4.78, 5) is 24.7. The molecule has 1 heterocycles. The van der Waals surface area contributed by atoms with Crippen LogP contribution < -0.4 is 16.0 Å². The van der Waals surface area contributed by atoms with Crippen molar-refractivity contribution in [3.05, 3.63) is 95.3 Å². The van der Waals surface area contributed by atoms with Crippen LogP contribution in [0.5, 0.6) is 5.75 Å². The molecule has 3 aromatic carbocycles. The maximum absolute atomic E-state index is 14.9. The number of carbonyl (C=O) groups excluding carboxylic acids is 2. The lowest BCUT2D eigenvalue weighted by Gasteiger charge is -2.30. The molecule has 0 bridgehead atoms. The number of phenolic OH excluding ortho intramolecular Hbond substituents is 1. The second-order valence-corrected chi connectivity index (χ2v) is 10.2. The molecular weight excluding hydrogens is 570 g/mol. The number of rotatable bonds is 11. The first-order valence-corrected chi connectivity index (χ1v) is 13.8. The Morgan fingerprint density at radius 2 is 1.79 bits per heavy atom. The van der Waals surface area contributed by atoms with Crippen LogP contribution in [0.2, 0.25) is 0 Å². The standard InChI is InChI=1S/C31H33F4N3O5/c32-27-10-5-11-28(38-29(40)15-26(20-6-2-1-3-7-20)21-8-4-9-23(39)14-21)25(27)13-12-24-16-36-22(17-42-24)18-43-30(41)37-19-31(33,34)35/h1-11,14,22,24,26,36,39H,12-13,15-19H2,(H,37,41)(H,38,40). The predicted molar refractivity (Wildman–Crippen MR) is 151 cm³/mol. The average molecular weight is 604 g/mol. The summed E-state index contributed by atoms with van der Waals surface area (Å²) in [6.07, 6.45) is -5.25. The predicted octanol–water partition coefficient (Wildman–Crippen LogP) is 5.27. The van der Waals surface area contributed by atoms with Crippen molar-refractivity contribution in [1.29, 1.82) is 0 Å². The number of carbonyl (C=O) groups is 2. The van der Waals surface area contributed by atoms with Crippen LogP contribution in [0.25, 0.3) is 0 Å². The molecule has 1 fully saturated rings. The third-order valence-corrected chi connectivity index (χ3v) is 6.99. The Bertz CT molecular complexity index is 1370. The molecule has 0 aliphatic carbocycles. The zero-order chi connectivity index (χ0) is 30.8. The van der Waals surface area contributed by atoms with Gasteiger partial charge in [-0.3, -0.25) is 4.79 Å². The molecule has 0 radical (unpaired) electrons. The molecule has 12 heteroatoms. The number of amides is 2. The van der Waals surface area contributed by atoms with Gasteiger partial charge in [-0.1, -0.05) is 48.5 Å². The highest BCUT2D eigenvalue weighted by atomic mass is 19.4. The summed E-state index contributed by atoms with van der Waals surface area (Å²) in [6.45, 7) is -1.15. The summed E-state index contributed by atoms with van der Waals surface area (Å²) in [5.41, 5.74) is 2.36. The lowest BCUT2D eigenvalue weighted by molar-refractivity contribution is -0.124. The van der Waals surface area contributed by atoms with Crippen LogP contribution in [0.15, 0.2) is 72.8 Å². The van der Waals surface area contributed by atoms with Crippen LogP contribution in [0.3, 0.4) is 0 Å². The van der Waals surface area contributed by atoms with E-state index in [1.807, 2.05) is 36.4 Å². The number of aromatic hydroxyl groups is 1. The van der Waals surface area contributed by atoms with E-state index in [1.165, 1.54) is 12.1 Å². The molecule has 3 aromatic rings.